The predicted molar refractivity (Wildman–Crippen MR) is 74.9 cm³/mol. The summed E-state index contributed by atoms with van der Waals surface area (Å²) in [6, 6.07) is 4.23. The van der Waals surface area contributed by atoms with E-state index in [0.717, 1.165) is 29.8 Å². The highest BCUT2D eigenvalue weighted by Crippen LogP contribution is 2.32. The normalized spacial score (nSPS) is 19.0. The number of likely N-dealkylation sites (tertiary alicyclic amines) is 1. The Hall–Kier alpha value is -1.62. The maximum atomic E-state index is 12.4. The third kappa shape index (κ3) is 2.56. The molecule has 0 N–H and O–H groups in total. The number of thiophene rings is 1. The number of hydrogen-bond acceptors (Lipinski definition) is 3. The van der Waals surface area contributed by atoms with Gasteiger partial charge < -0.3 is 4.90 Å². The van der Waals surface area contributed by atoms with Crippen molar-refractivity contribution < 1.29 is 4.79 Å². The third-order valence-corrected chi connectivity index (χ3v) is 4.46. The molecular weight excluding hydrogens is 258 g/mol. The van der Waals surface area contributed by atoms with Gasteiger partial charge in [0, 0.05) is 30.2 Å². The van der Waals surface area contributed by atoms with Crippen LogP contribution in [0.25, 0.3) is 0 Å². The van der Waals surface area contributed by atoms with Crippen LogP contribution >= 0.6 is 11.3 Å². The van der Waals surface area contributed by atoms with Crippen LogP contribution in [0.2, 0.25) is 0 Å². The Balaban J connectivity index is 1.74. The lowest BCUT2D eigenvalue weighted by Gasteiger charge is -2.23. The number of hydrogen-bond donors (Lipinski definition) is 0. The molecule has 100 valence electrons. The first kappa shape index (κ1) is 12.4. The summed E-state index contributed by atoms with van der Waals surface area (Å²) in [4.78, 5) is 15.6. The zero-order chi connectivity index (χ0) is 13.2. The van der Waals surface area contributed by atoms with Crippen molar-refractivity contribution >= 4 is 17.2 Å². The Bertz CT molecular complexity index is 561. The van der Waals surface area contributed by atoms with Gasteiger partial charge in [0.2, 0.25) is 5.91 Å². The number of rotatable bonds is 3. The second-order valence-corrected chi connectivity index (χ2v) is 5.98. The molecule has 0 saturated carbocycles. The second-order valence-electron chi connectivity index (χ2n) is 4.95. The fourth-order valence-corrected chi connectivity index (χ4v) is 3.38. The zero-order valence-corrected chi connectivity index (χ0v) is 11.8. The highest BCUT2D eigenvalue weighted by atomic mass is 32.1. The smallest absolute Gasteiger partial charge is 0.228 e. The fraction of sp³-hybridized carbons (Fsp3) is 0.429. The van der Waals surface area contributed by atoms with Crippen LogP contribution in [0.4, 0.5) is 0 Å². The second kappa shape index (κ2) is 5.17. The number of nitrogens with zero attached hydrogens (tertiary/aromatic N) is 3. The SMILES string of the molecule is Cn1cc(C2CCCN2C(=O)Cc2cccs2)cn1. The largest absolute Gasteiger partial charge is 0.335 e. The lowest BCUT2D eigenvalue weighted by atomic mass is 10.1. The minimum absolute atomic E-state index is 0.209. The van der Waals surface area contributed by atoms with Gasteiger partial charge >= 0.3 is 0 Å². The van der Waals surface area contributed by atoms with E-state index in [9.17, 15) is 4.79 Å². The minimum atomic E-state index is 0.209. The van der Waals surface area contributed by atoms with Crippen molar-refractivity contribution in [3.05, 3.63) is 40.3 Å². The van der Waals surface area contributed by atoms with Gasteiger partial charge in [-0.05, 0) is 24.3 Å². The molecule has 1 aliphatic heterocycles. The quantitative estimate of drug-likeness (QED) is 0.862. The van der Waals surface area contributed by atoms with Crippen LogP contribution in [0.5, 0.6) is 0 Å². The molecule has 2 aromatic heterocycles. The van der Waals surface area contributed by atoms with Crippen molar-refractivity contribution in [1.29, 1.82) is 0 Å². The first-order valence-corrected chi connectivity index (χ1v) is 7.42. The van der Waals surface area contributed by atoms with Crippen LogP contribution < -0.4 is 0 Å². The lowest BCUT2D eigenvalue weighted by Crippen LogP contribution is -2.31. The fourth-order valence-electron chi connectivity index (χ4n) is 2.69. The summed E-state index contributed by atoms with van der Waals surface area (Å²) in [6.07, 6.45) is 6.54. The highest BCUT2D eigenvalue weighted by molar-refractivity contribution is 7.10. The van der Waals surface area contributed by atoms with Gasteiger partial charge in [-0.25, -0.2) is 0 Å². The molecule has 4 nitrogen and oxygen atoms in total. The van der Waals surface area contributed by atoms with E-state index in [-0.39, 0.29) is 11.9 Å². The number of carbonyl (C=O) groups excluding carboxylic acids is 1. The summed E-state index contributed by atoms with van der Waals surface area (Å²) in [5.41, 5.74) is 1.15. The molecule has 0 spiro atoms. The summed E-state index contributed by atoms with van der Waals surface area (Å²) in [6.45, 7) is 0.865. The number of aryl methyl sites for hydroxylation is 1. The Morgan fingerprint density at radius 1 is 1.58 bits per heavy atom. The number of amides is 1. The summed E-state index contributed by atoms with van der Waals surface area (Å²) >= 11 is 1.65. The Labute approximate surface area is 116 Å². The summed E-state index contributed by atoms with van der Waals surface area (Å²) in [7, 11) is 1.91. The van der Waals surface area contributed by atoms with Gasteiger partial charge in [0.15, 0.2) is 0 Å². The van der Waals surface area contributed by atoms with Crippen molar-refractivity contribution in [2.24, 2.45) is 7.05 Å². The van der Waals surface area contributed by atoms with Crippen molar-refractivity contribution in [1.82, 2.24) is 14.7 Å². The number of carbonyl (C=O) groups is 1. The molecule has 1 saturated heterocycles. The minimum Gasteiger partial charge on any atom is -0.335 e. The Kier molecular flexibility index (Phi) is 3.38. The third-order valence-electron chi connectivity index (χ3n) is 3.59. The van der Waals surface area contributed by atoms with Crippen LogP contribution in [-0.2, 0) is 18.3 Å². The zero-order valence-electron chi connectivity index (χ0n) is 11.0. The lowest BCUT2D eigenvalue weighted by molar-refractivity contribution is -0.131. The Morgan fingerprint density at radius 2 is 2.47 bits per heavy atom. The van der Waals surface area contributed by atoms with Crippen molar-refractivity contribution in [2.45, 2.75) is 25.3 Å². The van der Waals surface area contributed by atoms with Gasteiger partial charge in [-0.15, -0.1) is 11.3 Å². The average molecular weight is 275 g/mol. The van der Waals surface area contributed by atoms with Crippen molar-refractivity contribution in [3.8, 4) is 0 Å². The van der Waals surface area contributed by atoms with E-state index in [1.807, 2.05) is 41.9 Å². The standard InChI is InChI=1S/C14H17N3OS/c1-16-10-11(9-15-16)13-5-2-6-17(13)14(18)8-12-4-3-7-19-12/h3-4,7,9-10,13H,2,5-6,8H2,1H3. The molecule has 0 bridgehead atoms. The van der Waals surface area contributed by atoms with E-state index in [1.54, 1.807) is 16.0 Å². The van der Waals surface area contributed by atoms with E-state index < -0.39 is 0 Å². The van der Waals surface area contributed by atoms with Gasteiger partial charge in [-0.1, -0.05) is 6.07 Å². The molecule has 0 radical (unpaired) electrons. The van der Waals surface area contributed by atoms with Crippen LogP contribution in [-0.4, -0.2) is 27.1 Å². The van der Waals surface area contributed by atoms with Gasteiger partial charge in [0.25, 0.3) is 0 Å². The molecule has 3 heterocycles. The maximum absolute atomic E-state index is 12.4. The van der Waals surface area contributed by atoms with Crippen LogP contribution in [0.1, 0.15) is 29.3 Å². The van der Waals surface area contributed by atoms with E-state index in [2.05, 4.69) is 5.10 Å². The Morgan fingerprint density at radius 3 is 3.16 bits per heavy atom. The van der Waals surface area contributed by atoms with Crippen LogP contribution in [0, 0.1) is 0 Å². The highest BCUT2D eigenvalue weighted by Gasteiger charge is 2.30. The van der Waals surface area contributed by atoms with E-state index in [4.69, 9.17) is 0 Å². The molecule has 1 aliphatic rings. The molecule has 0 aromatic carbocycles. The summed E-state index contributed by atoms with van der Waals surface area (Å²) in [5, 5.41) is 6.23. The van der Waals surface area contributed by atoms with Gasteiger partial charge in [-0.3, -0.25) is 9.48 Å². The van der Waals surface area contributed by atoms with Crippen molar-refractivity contribution in [2.75, 3.05) is 6.54 Å². The topological polar surface area (TPSA) is 38.1 Å². The number of aromatic nitrogens is 2. The molecule has 1 fully saturated rings. The molecule has 1 unspecified atom stereocenters. The molecule has 3 rings (SSSR count). The molecular formula is C14H17N3OS. The van der Waals surface area contributed by atoms with Gasteiger partial charge in [-0.2, -0.15) is 5.10 Å². The van der Waals surface area contributed by atoms with Crippen LogP contribution in [0.3, 0.4) is 0 Å². The predicted octanol–water partition coefficient (Wildman–Crippen LogP) is 2.39. The molecule has 1 amide bonds. The molecule has 5 heteroatoms. The van der Waals surface area contributed by atoms with Crippen LogP contribution in [0.15, 0.2) is 29.9 Å². The summed E-state index contributed by atoms with van der Waals surface area (Å²) < 4.78 is 1.80. The monoisotopic (exact) mass is 275 g/mol. The van der Waals surface area contributed by atoms with Gasteiger partial charge in [0.1, 0.15) is 0 Å². The first-order chi connectivity index (χ1) is 9.24. The first-order valence-electron chi connectivity index (χ1n) is 6.54. The van der Waals surface area contributed by atoms with E-state index in [0.29, 0.717) is 6.42 Å². The molecule has 2 aromatic rings. The van der Waals surface area contributed by atoms with E-state index >= 15 is 0 Å². The average Bonchev–Trinajstić information content (AvgIpc) is 3.07. The summed E-state index contributed by atoms with van der Waals surface area (Å²) in [5.74, 6) is 0.230. The molecule has 0 aliphatic carbocycles. The van der Waals surface area contributed by atoms with Gasteiger partial charge in [0.05, 0.1) is 18.7 Å². The van der Waals surface area contributed by atoms with E-state index in [1.165, 1.54) is 0 Å². The molecule has 19 heavy (non-hydrogen) atoms. The maximum Gasteiger partial charge on any atom is 0.228 e. The molecule has 1 atom stereocenters. The van der Waals surface area contributed by atoms with Crippen molar-refractivity contribution in [3.63, 3.8) is 0 Å².